The average Bonchev–Trinajstić information content (AvgIpc) is 3.37. The summed E-state index contributed by atoms with van der Waals surface area (Å²) in [5.41, 5.74) is 2.08. The number of methoxy groups -OCH3 is 1. The summed E-state index contributed by atoms with van der Waals surface area (Å²) in [6, 6.07) is 8.07. The van der Waals surface area contributed by atoms with Gasteiger partial charge in [-0.3, -0.25) is 10.1 Å². The van der Waals surface area contributed by atoms with Gasteiger partial charge >= 0.3 is 5.97 Å². The third kappa shape index (κ3) is 7.58. The second kappa shape index (κ2) is 13.8. The topological polar surface area (TPSA) is 138 Å². The minimum atomic E-state index is -1.19. The average molecular weight is 555 g/mol. The molecule has 1 aromatic heterocycles. The molecule has 4 N–H and O–H groups in total. The van der Waals surface area contributed by atoms with Gasteiger partial charge in [0.05, 0.1) is 24.5 Å². The van der Waals surface area contributed by atoms with Gasteiger partial charge in [0.25, 0.3) is 5.91 Å². The number of carboxylic acids is 1. The number of phenols is 2. The molecule has 0 unspecified atom stereocenters. The molecule has 3 rings (SSSR count). The van der Waals surface area contributed by atoms with Crippen LogP contribution in [0.2, 0.25) is 0 Å². The number of carbonyl (C=O) groups excluding carboxylic acids is 1. The van der Waals surface area contributed by atoms with Crippen molar-refractivity contribution in [3.05, 3.63) is 58.0 Å². The summed E-state index contributed by atoms with van der Waals surface area (Å²) < 4.78 is 11.8. The minimum absolute atomic E-state index is 0.0173. The number of ether oxygens (including phenoxy) is 2. The first-order valence-electron chi connectivity index (χ1n) is 12.7. The Kier molecular flexibility index (Phi) is 10.5. The lowest BCUT2D eigenvalue weighted by atomic mass is 10.0. The summed E-state index contributed by atoms with van der Waals surface area (Å²) in [4.78, 5) is 28.4. The number of amides is 1. The van der Waals surface area contributed by atoms with Crippen LogP contribution in [-0.4, -0.2) is 45.9 Å². The Morgan fingerprint density at radius 2 is 1.87 bits per heavy atom. The van der Waals surface area contributed by atoms with Crippen molar-refractivity contribution in [3.63, 3.8) is 0 Å². The van der Waals surface area contributed by atoms with Gasteiger partial charge in [-0.1, -0.05) is 38.3 Å². The highest BCUT2D eigenvalue weighted by Crippen LogP contribution is 2.38. The first-order chi connectivity index (χ1) is 18.7. The van der Waals surface area contributed by atoms with E-state index in [1.165, 1.54) is 31.1 Å². The molecule has 3 aromatic rings. The maximum atomic E-state index is 12.8. The van der Waals surface area contributed by atoms with E-state index in [0.717, 1.165) is 42.2 Å². The quantitative estimate of drug-likeness (QED) is 0.136. The zero-order chi connectivity index (χ0) is 28.5. The molecule has 1 amide bonds. The molecule has 0 aliphatic carbocycles. The third-order valence-corrected chi connectivity index (χ3v) is 6.91. The number of rotatable bonds is 13. The number of nitrogens with zero attached hydrogens (tertiary/aromatic N) is 1. The number of aromatic hydroxyl groups is 2. The number of benzene rings is 2. The lowest BCUT2D eigenvalue weighted by Crippen LogP contribution is -2.11. The van der Waals surface area contributed by atoms with Crippen molar-refractivity contribution in [3.8, 4) is 28.5 Å². The van der Waals surface area contributed by atoms with Crippen LogP contribution in [0, 0.1) is 0 Å². The molecule has 0 saturated carbocycles. The number of carboxylic acid groups (broad SMARTS) is 1. The van der Waals surface area contributed by atoms with Crippen molar-refractivity contribution in [1.29, 1.82) is 0 Å². The summed E-state index contributed by atoms with van der Waals surface area (Å²) in [6.07, 6.45) is 5.46. The minimum Gasteiger partial charge on any atom is -0.507 e. The highest BCUT2D eigenvalue weighted by molar-refractivity contribution is 7.14. The van der Waals surface area contributed by atoms with Gasteiger partial charge in [-0.2, -0.15) is 0 Å². The van der Waals surface area contributed by atoms with Gasteiger partial charge in [0.15, 0.2) is 5.13 Å². The summed E-state index contributed by atoms with van der Waals surface area (Å²) in [5, 5.41) is 34.4. The fourth-order valence-corrected chi connectivity index (χ4v) is 4.69. The van der Waals surface area contributed by atoms with Crippen molar-refractivity contribution in [2.45, 2.75) is 52.6 Å². The molecule has 0 fully saturated rings. The molecule has 0 saturated heterocycles. The number of carbonyl (C=O) groups is 2. The van der Waals surface area contributed by atoms with Crippen LogP contribution >= 0.6 is 11.3 Å². The molecular weight excluding hydrogens is 520 g/mol. The zero-order valence-corrected chi connectivity index (χ0v) is 23.3. The Balaban J connectivity index is 1.77. The second-order valence-corrected chi connectivity index (χ2v) is 9.91. The number of phenolic OH excluding ortho intramolecular Hbond substituents is 2. The van der Waals surface area contributed by atoms with E-state index in [2.05, 4.69) is 17.2 Å². The lowest BCUT2D eigenvalue weighted by molar-refractivity contribution is -0.132. The van der Waals surface area contributed by atoms with E-state index in [4.69, 9.17) is 14.6 Å². The van der Waals surface area contributed by atoms with Gasteiger partial charge in [-0.05, 0) is 44.5 Å². The molecule has 9 nitrogen and oxygen atoms in total. The Labute approximate surface area is 231 Å². The number of aromatic nitrogens is 1. The Bertz CT molecular complexity index is 1330. The molecule has 39 heavy (non-hydrogen) atoms. The summed E-state index contributed by atoms with van der Waals surface area (Å²) >= 11 is 1.22. The Morgan fingerprint density at radius 1 is 1.15 bits per heavy atom. The molecule has 0 radical (unpaired) electrons. The van der Waals surface area contributed by atoms with Crippen molar-refractivity contribution in [2.75, 3.05) is 19.0 Å². The van der Waals surface area contributed by atoms with Crippen LogP contribution in [0.1, 0.15) is 74.0 Å². The Morgan fingerprint density at radius 3 is 2.51 bits per heavy atom. The van der Waals surface area contributed by atoms with Crippen LogP contribution < -0.4 is 10.1 Å². The molecule has 0 bridgehead atoms. The molecule has 2 aromatic carbocycles. The first kappa shape index (κ1) is 29.7. The van der Waals surface area contributed by atoms with Gasteiger partial charge < -0.3 is 24.8 Å². The van der Waals surface area contributed by atoms with Gasteiger partial charge in [-0.25, -0.2) is 9.78 Å². The fraction of sp³-hybridized carbons (Fsp3) is 0.345. The van der Waals surface area contributed by atoms with Gasteiger partial charge in [0.1, 0.15) is 17.2 Å². The lowest BCUT2D eigenvalue weighted by Gasteiger charge is -2.18. The maximum Gasteiger partial charge on any atom is 0.331 e. The zero-order valence-electron chi connectivity index (χ0n) is 22.5. The van der Waals surface area contributed by atoms with E-state index >= 15 is 0 Å². The number of hydrogen-bond donors (Lipinski definition) is 4. The Hall–Kier alpha value is -3.89. The number of anilines is 1. The van der Waals surface area contributed by atoms with Crippen molar-refractivity contribution >= 4 is 34.4 Å². The number of unbranched alkanes of at least 4 members (excludes halogenated alkanes) is 3. The summed E-state index contributed by atoms with van der Waals surface area (Å²) in [7, 11) is 1.60. The van der Waals surface area contributed by atoms with Crippen LogP contribution in [0.4, 0.5) is 5.13 Å². The van der Waals surface area contributed by atoms with Crippen LogP contribution in [0.5, 0.6) is 17.2 Å². The van der Waals surface area contributed by atoms with Crippen molar-refractivity contribution < 1.29 is 34.4 Å². The maximum absolute atomic E-state index is 12.8. The molecule has 208 valence electrons. The molecule has 0 aliphatic heterocycles. The molecule has 1 atom stereocenters. The standard InChI is InChI=1S/C29H34N2O7S/c1-5-6-7-8-12-38-18(3)20-10-9-11-21(26(20)37-4)23-16-39-29(30-23)31-27(34)19-14-24(32)22(25(33)15-19)13-17(2)28(35)36/h9-11,13-16,18,32-33H,5-8,12H2,1-4H3,(H,35,36)(H,30,31,34)/b17-13+/t18-/m0/s1. The normalized spacial score (nSPS) is 12.3. The number of hydrogen-bond acceptors (Lipinski definition) is 8. The molecule has 0 aliphatic rings. The van der Waals surface area contributed by atoms with E-state index in [1.54, 1.807) is 12.5 Å². The SMILES string of the molecule is CCCCCCO[C@@H](C)c1cccc(-c2csc(NC(=O)c3cc(O)c(/C=C(\C)C(=O)O)c(O)c3)n2)c1OC. The number of thiazole rings is 1. The van der Waals surface area contributed by atoms with Crippen LogP contribution in [0.25, 0.3) is 17.3 Å². The highest BCUT2D eigenvalue weighted by Gasteiger charge is 2.20. The fourth-order valence-electron chi connectivity index (χ4n) is 3.99. The van der Waals surface area contributed by atoms with Crippen molar-refractivity contribution in [2.24, 2.45) is 0 Å². The van der Waals surface area contributed by atoms with E-state index in [0.29, 0.717) is 23.2 Å². The predicted molar refractivity (Wildman–Crippen MR) is 152 cm³/mol. The van der Waals surface area contributed by atoms with Gasteiger partial charge in [-0.15, -0.1) is 11.3 Å². The monoisotopic (exact) mass is 554 g/mol. The van der Waals surface area contributed by atoms with E-state index in [9.17, 15) is 19.8 Å². The van der Waals surface area contributed by atoms with Gasteiger partial charge in [0.2, 0.25) is 0 Å². The number of para-hydroxylation sites is 1. The van der Waals surface area contributed by atoms with E-state index in [1.807, 2.05) is 25.1 Å². The highest BCUT2D eigenvalue weighted by atomic mass is 32.1. The molecular formula is C29H34N2O7S. The smallest absolute Gasteiger partial charge is 0.331 e. The third-order valence-electron chi connectivity index (χ3n) is 6.15. The summed E-state index contributed by atoms with van der Waals surface area (Å²) in [5.74, 6) is -2.00. The van der Waals surface area contributed by atoms with Crippen molar-refractivity contribution in [1.82, 2.24) is 4.98 Å². The molecule has 1 heterocycles. The van der Waals surface area contributed by atoms with Gasteiger partial charge in [0, 0.05) is 34.3 Å². The van der Waals surface area contributed by atoms with E-state index < -0.39 is 23.4 Å². The number of nitrogens with one attached hydrogen (secondary N) is 1. The predicted octanol–water partition coefficient (Wildman–Crippen LogP) is 6.63. The van der Waals surface area contributed by atoms with Crippen LogP contribution in [0.15, 0.2) is 41.3 Å². The van der Waals surface area contributed by atoms with Crippen LogP contribution in [0.3, 0.4) is 0 Å². The molecule has 0 spiro atoms. The second-order valence-electron chi connectivity index (χ2n) is 9.05. The first-order valence-corrected chi connectivity index (χ1v) is 13.6. The number of aliphatic carboxylic acids is 1. The molecule has 10 heteroatoms. The largest absolute Gasteiger partial charge is 0.507 e. The van der Waals surface area contributed by atoms with Crippen LogP contribution in [-0.2, 0) is 9.53 Å². The summed E-state index contributed by atoms with van der Waals surface area (Å²) in [6.45, 7) is 6.16. The van der Waals surface area contributed by atoms with E-state index in [-0.39, 0.29) is 22.8 Å².